The van der Waals surface area contributed by atoms with Crippen LogP contribution in [0.2, 0.25) is 0 Å². The van der Waals surface area contributed by atoms with Crippen LogP contribution in [0.15, 0.2) is 22.7 Å². The second kappa shape index (κ2) is 6.01. The molecule has 88 valence electrons. The van der Waals surface area contributed by atoms with Crippen molar-refractivity contribution in [3.8, 4) is 0 Å². The van der Waals surface area contributed by atoms with Gasteiger partial charge in [0.1, 0.15) is 0 Å². The van der Waals surface area contributed by atoms with E-state index in [0.29, 0.717) is 5.56 Å². The number of amides is 1. The van der Waals surface area contributed by atoms with Gasteiger partial charge < -0.3 is 10.4 Å². The predicted molar refractivity (Wildman–Crippen MR) is 67.5 cm³/mol. The smallest absolute Gasteiger partial charge is 0.251 e. The van der Waals surface area contributed by atoms with E-state index in [0.717, 1.165) is 16.5 Å². The van der Waals surface area contributed by atoms with Crippen LogP contribution in [0.25, 0.3) is 0 Å². The first kappa shape index (κ1) is 13.2. The van der Waals surface area contributed by atoms with Crippen LogP contribution in [-0.4, -0.2) is 23.7 Å². The maximum Gasteiger partial charge on any atom is 0.251 e. The molecule has 0 unspecified atom stereocenters. The van der Waals surface area contributed by atoms with Crippen molar-refractivity contribution in [3.63, 3.8) is 0 Å². The second-order valence-electron chi connectivity index (χ2n) is 3.78. The first-order valence-electron chi connectivity index (χ1n) is 5.25. The lowest BCUT2D eigenvalue weighted by atomic mass is 10.1. The summed E-state index contributed by atoms with van der Waals surface area (Å²) in [6.45, 7) is 3.83. The van der Waals surface area contributed by atoms with Gasteiger partial charge in [0, 0.05) is 10.0 Å². The Labute approximate surface area is 104 Å². The molecule has 0 aliphatic carbocycles. The summed E-state index contributed by atoms with van der Waals surface area (Å²) in [6.07, 6.45) is 0.717. The normalized spacial score (nSPS) is 12.2. The molecular weight excluding hydrogens is 270 g/mol. The van der Waals surface area contributed by atoms with Crippen molar-refractivity contribution in [1.29, 1.82) is 0 Å². The minimum absolute atomic E-state index is 0.0325. The molecular formula is C12H16BrNO2. The van der Waals surface area contributed by atoms with Gasteiger partial charge >= 0.3 is 0 Å². The highest BCUT2D eigenvalue weighted by Crippen LogP contribution is 2.15. The minimum atomic E-state index is -0.174. The molecule has 0 heterocycles. The second-order valence-corrected chi connectivity index (χ2v) is 4.69. The van der Waals surface area contributed by atoms with E-state index in [2.05, 4.69) is 21.2 Å². The van der Waals surface area contributed by atoms with E-state index >= 15 is 0 Å². The number of aryl methyl sites for hydroxylation is 1. The summed E-state index contributed by atoms with van der Waals surface area (Å²) in [5.41, 5.74) is 1.63. The predicted octanol–water partition coefficient (Wildman–Crippen LogP) is 2.26. The highest BCUT2D eigenvalue weighted by Gasteiger charge is 2.11. The molecule has 0 saturated heterocycles. The number of aliphatic hydroxyl groups excluding tert-OH is 1. The molecule has 16 heavy (non-hydrogen) atoms. The standard InChI is InChI=1S/C12H16BrNO2/c1-3-11(7-15)14-12(16)9-4-8(2)5-10(13)6-9/h4-6,11,15H,3,7H2,1-2H3,(H,14,16)/t11-/m1/s1. The Morgan fingerprint density at radius 1 is 1.50 bits per heavy atom. The topological polar surface area (TPSA) is 49.3 Å². The Kier molecular flexibility index (Phi) is 4.96. The molecule has 0 bridgehead atoms. The zero-order chi connectivity index (χ0) is 12.1. The van der Waals surface area contributed by atoms with Crippen molar-refractivity contribution < 1.29 is 9.90 Å². The van der Waals surface area contributed by atoms with Crippen LogP contribution >= 0.6 is 15.9 Å². The third-order valence-electron chi connectivity index (χ3n) is 2.35. The van der Waals surface area contributed by atoms with Crippen molar-refractivity contribution >= 4 is 21.8 Å². The Morgan fingerprint density at radius 3 is 2.69 bits per heavy atom. The van der Waals surface area contributed by atoms with Gasteiger partial charge in [-0.05, 0) is 37.1 Å². The van der Waals surface area contributed by atoms with Crippen molar-refractivity contribution in [2.75, 3.05) is 6.61 Å². The summed E-state index contributed by atoms with van der Waals surface area (Å²) >= 11 is 3.35. The largest absolute Gasteiger partial charge is 0.394 e. The maximum atomic E-state index is 11.8. The number of benzene rings is 1. The summed E-state index contributed by atoms with van der Waals surface area (Å²) in [4.78, 5) is 11.8. The summed E-state index contributed by atoms with van der Waals surface area (Å²) < 4.78 is 0.884. The number of carbonyl (C=O) groups excluding carboxylic acids is 1. The lowest BCUT2D eigenvalue weighted by molar-refractivity contribution is 0.0915. The first-order valence-corrected chi connectivity index (χ1v) is 6.05. The molecule has 3 nitrogen and oxygen atoms in total. The Balaban J connectivity index is 2.80. The summed E-state index contributed by atoms with van der Waals surface area (Å²) in [5.74, 6) is -0.148. The number of aliphatic hydroxyl groups is 1. The molecule has 1 aromatic carbocycles. The van der Waals surface area contributed by atoms with Gasteiger partial charge in [-0.15, -0.1) is 0 Å². The van der Waals surface area contributed by atoms with Crippen molar-refractivity contribution in [2.45, 2.75) is 26.3 Å². The van der Waals surface area contributed by atoms with Crippen LogP contribution in [0.3, 0.4) is 0 Å². The quantitative estimate of drug-likeness (QED) is 0.892. The number of carbonyl (C=O) groups is 1. The molecule has 0 spiro atoms. The Bertz CT molecular complexity index is 355. The molecule has 0 aliphatic rings. The summed E-state index contributed by atoms with van der Waals surface area (Å²) in [7, 11) is 0. The van der Waals surface area contributed by atoms with Gasteiger partial charge in [-0.25, -0.2) is 0 Å². The van der Waals surface area contributed by atoms with E-state index in [1.54, 1.807) is 6.07 Å². The van der Waals surface area contributed by atoms with Crippen LogP contribution in [0.1, 0.15) is 29.3 Å². The molecule has 1 atom stereocenters. The molecule has 0 saturated carbocycles. The molecule has 1 amide bonds. The van der Waals surface area contributed by atoms with Crippen LogP contribution in [0.5, 0.6) is 0 Å². The van der Waals surface area contributed by atoms with E-state index in [9.17, 15) is 4.79 Å². The lowest BCUT2D eigenvalue weighted by Gasteiger charge is -2.14. The minimum Gasteiger partial charge on any atom is -0.394 e. The lowest BCUT2D eigenvalue weighted by Crippen LogP contribution is -2.36. The number of hydrogen-bond acceptors (Lipinski definition) is 2. The fourth-order valence-corrected chi connectivity index (χ4v) is 2.02. The zero-order valence-electron chi connectivity index (χ0n) is 9.46. The van der Waals surface area contributed by atoms with Gasteiger partial charge in [0.25, 0.3) is 5.91 Å². The van der Waals surface area contributed by atoms with E-state index in [1.807, 2.05) is 26.0 Å². The van der Waals surface area contributed by atoms with Gasteiger partial charge in [-0.2, -0.15) is 0 Å². The van der Waals surface area contributed by atoms with Crippen molar-refractivity contribution in [1.82, 2.24) is 5.32 Å². The highest BCUT2D eigenvalue weighted by molar-refractivity contribution is 9.10. The molecule has 2 N–H and O–H groups in total. The molecule has 0 aliphatic heterocycles. The Hall–Kier alpha value is -0.870. The molecule has 1 rings (SSSR count). The number of halogens is 1. The van der Waals surface area contributed by atoms with Crippen LogP contribution in [0, 0.1) is 6.92 Å². The molecule has 4 heteroatoms. The summed E-state index contributed by atoms with van der Waals surface area (Å²) in [6, 6.07) is 5.36. The summed E-state index contributed by atoms with van der Waals surface area (Å²) in [5, 5.41) is 11.8. The van der Waals surface area contributed by atoms with E-state index in [4.69, 9.17) is 5.11 Å². The number of hydrogen-bond donors (Lipinski definition) is 2. The highest BCUT2D eigenvalue weighted by atomic mass is 79.9. The van der Waals surface area contributed by atoms with E-state index in [1.165, 1.54) is 0 Å². The van der Waals surface area contributed by atoms with Gasteiger partial charge in [-0.1, -0.05) is 22.9 Å². The van der Waals surface area contributed by atoms with E-state index < -0.39 is 0 Å². The molecule has 0 fully saturated rings. The van der Waals surface area contributed by atoms with Crippen molar-refractivity contribution in [3.05, 3.63) is 33.8 Å². The van der Waals surface area contributed by atoms with Gasteiger partial charge in [0.2, 0.25) is 0 Å². The van der Waals surface area contributed by atoms with E-state index in [-0.39, 0.29) is 18.6 Å². The van der Waals surface area contributed by atoms with Gasteiger partial charge in [0.15, 0.2) is 0 Å². The first-order chi connectivity index (χ1) is 7.56. The Morgan fingerprint density at radius 2 is 2.19 bits per heavy atom. The monoisotopic (exact) mass is 285 g/mol. The fourth-order valence-electron chi connectivity index (χ4n) is 1.41. The molecule has 0 aromatic heterocycles. The average Bonchev–Trinajstić information content (AvgIpc) is 2.24. The average molecular weight is 286 g/mol. The molecule has 1 aromatic rings. The van der Waals surface area contributed by atoms with Gasteiger partial charge in [0.05, 0.1) is 12.6 Å². The van der Waals surface area contributed by atoms with Crippen LogP contribution in [-0.2, 0) is 0 Å². The zero-order valence-corrected chi connectivity index (χ0v) is 11.0. The molecule has 0 radical (unpaired) electrons. The SMILES string of the molecule is CC[C@H](CO)NC(=O)c1cc(C)cc(Br)c1. The van der Waals surface area contributed by atoms with Crippen LogP contribution < -0.4 is 5.32 Å². The van der Waals surface area contributed by atoms with Crippen molar-refractivity contribution in [2.24, 2.45) is 0 Å². The maximum absolute atomic E-state index is 11.8. The third-order valence-corrected chi connectivity index (χ3v) is 2.81. The number of nitrogens with one attached hydrogen (secondary N) is 1. The fraction of sp³-hybridized carbons (Fsp3) is 0.417. The number of rotatable bonds is 4. The van der Waals surface area contributed by atoms with Crippen LogP contribution in [0.4, 0.5) is 0 Å². The third kappa shape index (κ3) is 3.61. The van der Waals surface area contributed by atoms with Gasteiger partial charge in [-0.3, -0.25) is 4.79 Å².